The van der Waals surface area contributed by atoms with Crippen LogP contribution < -0.4 is 10.6 Å². The van der Waals surface area contributed by atoms with Crippen LogP contribution in [0.4, 0.5) is 5.69 Å². The van der Waals surface area contributed by atoms with Gasteiger partial charge < -0.3 is 10.6 Å². The molecule has 0 fully saturated rings. The zero-order chi connectivity index (χ0) is 11.8. The summed E-state index contributed by atoms with van der Waals surface area (Å²) in [6.07, 6.45) is 5.01. The van der Waals surface area contributed by atoms with E-state index in [1.54, 1.807) is 0 Å². The van der Waals surface area contributed by atoms with Gasteiger partial charge in [0, 0.05) is 17.5 Å². The number of hydrogen-bond acceptors (Lipinski definition) is 3. The summed E-state index contributed by atoms with van der Waals surface area (Å²) < 4.78 is 0. The fourth-order valence-corrected chi connectivity index (χ4v) is 1.55. The minimum Gasteiger partial charge on any atom is -0.399 e. The van der Waals surface area contributed by atoms with Crippen molar-refractivity contribution in [1.82, 2.24) is 5.06 Å². The molecule has 3 nitrogen and oxygen atoms in total. The number of fused-ring (bicyclic) bond motifs is 1. The third-order valence-electron chi connectivity index (χ3n) is 3.08. The molecule has 2 N–H and O–H groups in total. The molecule has 86 valence electrons. The molecule has 0 saturated carbocycles. The predicted octanol–water partition coefficient (Wildman–Crippen LogP) is 3.04. The van der Waals surface area contributed by atoms with Crippen molar-refractivity contribution in [2.75, 3.05) is 5.73 Å². The van der Waals surface area contributed by atoms with Gasteiger partial charge in [-0.2, -0.15) is 0 Å². The van der Waals surface area contributed by atoms with Crippen molar-refractivity contribution in [3.63, 3.8) is 0 Å². The molecule has 1 aromatic rings. The van der Waals surface area contributed by atoms with Crippen molar-refractivity contribution in [3.05, 3.63) is 30.0 Å². The van der Waals surface area contributed by atoms with Gasteiger partial charge in [-0.15, -0.1) is 0 Å². The molecule has 0 bridgehead atoms. The van der Waals surface area contributed by atoms with Gasteiger partial charge in [0.1, 0.15) is 0 Å². The molecule has 1 aromatic carbocycles. The molecule has 3 heteroatoms. The first kappa shape index (κ1) is 10.9. The van der Waals surface area contributed by atoms with Gasteiger partial charge in [-0.1, -0.05) is 6.92 Å². The Kier molecular flexibility index (Phi) is 2.54. The van der Waals surface area contributed by atoms with Crippen molar-refractivity contribution in [3.8, 4) is 5.75 Å². The molecule has 16 heavy (non-hydrogen) atoms. The SMILES string of the molecule is CCC(C)(C)N1C=Cc2cc(N)ccc2O1. The monoisotopic (exact) mass is 218 g/mol. The van der Waals surface area contributed by atoms with E-state index in [1.165, 1.54) is 0 Å². The molecule has 0 unspecified atom stereocenters. The standard InChI is InChI=1S/C13H18N2O/c1-4-13(2,3)15-8-7-10-9-11(14)5-6-12(10)16-15/h5-9H,4,14H2,1-3H3. The summed E-state index contributed by atoms with van der Waals surface area (Å²) in [5.41, 5.74) is 7.51. The maximum atomic E-state index is 5.83. The second-order valence-corrected chi connectivity index (χ2v) is 4.70. The molecule has 0 saturated heterocycles. The largest absolute Gasteiger partial charge is 0.399 e. The number of rotatable bonds is 2. The van der Waals surface area contributed by atoms with Gasteiger partial charge in [0.25, 0.3) is 0 Å². The van der Waals surface area contributed by atoms with Crippen LogP contribution in [0.3, 0.4) is 0 Å². The second-order valence-electron chi connectivity index (χ2n) is 4.70. The lowest BCUT2D eigenvalue weighted by Crippen LogP contribution is -2.42. The highest BCUT2D eigenvalue weighted by Crippen LogP contribution is 2.31. The van der Waals surface area contributed by atoms with Crippen LogP contribution in [0.15, 0.2) is 24.4 Å². The smallest absolute Gasteiger partial charge is 0.162 e. The molecule has 0 atom stereocenters. The fraction of sp³-hybridized carbons (Fsp3) is 0.385. The van der Waals surface area contributed by atoms with E-state index in [0.29, 0.717) is 0 Å². The quantitative estimate of drug-likeness (QED) is 0.775. The topological polar surface area (TPSA) is 38.5 Å². The predicted molar refractivity (Wildman–Crippen MR) is 66.7 cm³/mol. The van der Waals surface area contributed by atoms with E-state index in [0.717, 1.165) is 23.4 Å². The van der Waals surface area contributed by atoms with Crippen LogP contribution in [-0.2, 0) is 0 Å². The summed E-state index contributed by atoms with van der Waals surface area (Å²) in [6.45, 7) is 6.45. The van der Waals surface area contributed by atoms with Gasteiger partial charge in [0.05, 0.1) is 5.54 Å². The lowest BCUT2D eigenvalue weighted by molar-refractivity contribution is -0.0902. The van der Waals surface area contributed by atoms with Crippen molar-refractivity contribution in [2.24, 2.45) is 0 Å². The minimum atomic E-state index is -0.00439. The van der Waals surface area contributed by atoms with E-state index < -0.39 is 0 Å². The summed E-state index contributed by atoms with van der Waals surface area (Å²) in [7, 11) is 0. The Morgan fingerprint density at radius 1 is 1.38 bits per heavy atom. The van der Waals surface area contributed by atoms with E-state index in [2.05, 4.69) is 20.8 Å². The van der Waals surface area contributed by atoms with Crippen molar-refractivity contribution in [2.45, 2.75) is 32.7 Å². The van der Waals surface area contributed by atoms with Crippen LogP contribution >= 0.6 is 0 Å². The van der Waals surface area contributed by atoms with Crippen molar-refractivity contribution in [1.29, 1.82) is 0 Å². The number of hydrogen-bond donors (Lipinski definition) is 1. The highest BCUT2D eigenvalue weighted by molar-refractivity contribution is 5.63. The Labute approximate surface area is 96.5 Å². The summed E-state index contributed by atoms with van der Waals surface area (Å²) in [6, 6.07) is 5.68. The lowest BCUT2D eigenvalue weighted by atomic mass is 10.0. The van der Waals surface area contributed by atoms with Crippen molar-refractivity contribution < 1.29 is 4.84 Å². The molecule has 1 heterocycles. The highest BCUT2D eigenvalue weighted by atomic mass is 16.7. The van der Waals surface area contributed by atoms with Gasteiger partial charge >= 0.3 is 0 Å². The first-order chi connectivity index (χ1) is 7.53. The van der Waals surface area contributed by atoms with Gasteiger partial charge in [-0.25, -0.2) is 5.06 Å². The molecule has 0 amide bonds. The molecule has 0 spiro atoms. The van der Waals surface area contributed by atoms with Crippen LogP contribution in [0.2, 0.25) is 0 Å². The number of hydroxylamine groups is 2. The van der Waals surface area contributed by atoms with Crippen LogP contribution in [0, 0.1) is 0 Å². The van der Waals surface area contributed by atoms with Gasteiger partial charge in [0.15, 0.2) is 5.75 Å². The zero-order valence-electron chi connectivity index (χ0n) is 10.0. The second kappa shape index (κ2) is 3.74. The minimum absolute atomic E-state index is 0.00439. The number of nitrogen functional groups attached to an aromatic ring is 1. The third-order valence-corrected chi connectivity index (χ3v) is 3.08. The number of anilines is 1. The normalized spacial score (nSPS) is 14.6. The average molecular weight is 218 g/mol. The first-order valence-electron chi connectivity index (χ1n) is 5.58. The third kappa shape index (κ3) is 1.85. The fourth-order valence-electron chi connectivity index (χ4n) is 1.55. The van der Waals surface area contributed by atoms with Crippen molar-refractivity contribution >= 4 is 11.8 Å². The molecule has 0 aromatic heterocycles. The molecule has 1 aliphatic heterocycles. The maximum absolute atomic E-state index is 5.83. The number of nitrogens with two attached hydrogens (primary N) is 1. The Morgan fingerprint density at radius 3 is 2.81 bits per heavy atom. The van der Waals surface area contributed by atoms with E-state index >= 15 is 0 Å². The van der Waals surface area contributed by atoms with Gasteiger partial charge in [-0.3, -0.25) is 0 Å². The number of benzene rings is 1. The van der Waals surface area contributed by atoms with E-state index in [4.69, 9.17) is 10.6 Å². The summed E-state index contributed by atoms with van der Waals surface area (Å²) in [5, 5.41) is 1.89. The van der Waals surface area contributed by atoms with Crippen LogP contribution in [-0.4, -0.2) is 10.6 Å². The molecular weight excluding hydrogens is 200 g/mol. The van der Waals surface area contributed by atoms with E-state index in [-0.39, 0.29) is 5.54 Å². The maximum Gasteiger partial charge on any atom is 0.162 e. The summed E-state index contributed by atoms with van der Waals surface area (Å²) in [5.74, 6) is 0.859. The van der Waals surface area contributed by atoms with Crippen LogP contribution in [0.5, 0.6) is 5.75 Å². The Balaban J connectivity index is 2.29. The van der Waals surface area contributed by atoms with Crippen LogP contribution in [0.1, 0.15) is 32.8 Å². The van der Waals surface area contributed by atoms with E-state index in [9.17, 15) is 0 Å². The summed E-state index contributed by atoms with van der Waals surface area (Å²) in [4.78, 5) is 5.83. The Hall–Kier alpha value is -1.64. The Morgan fingerprint density at radius 2 is 2.12 bits per heavy atom. The molecule has 2 rings (SSSR count). The highest BCUT2D eigenvalue weighted by Gasteiger charge is 2.26. The molecular formula is C13H18N2O. The molecule has 0 aliphatic carbocycles. The summed E-state index contributed by atoms with van der Waals surface area (Å²) >= 11 is 0. The zero-order valence-corrected chi connectivity index (χ0v) is 10.0. The lowest BCUT2D eigenvalue weighted by Gasteiger charge is -2.37. The first-order valence-corrected chi connectivity index (χ1v) is 5.58. The number of nitrogens with zero attached hydrogens (tertiary/aromatic N) is 1. The van der Waals surface area contributed by atoms with Crippen LogP contribution in [0.25, 0.3) is 6.08 Å². The molecule has 0 radical (unpaired) electrons. The van der Waals surface area contributed by atoms with Gasteiger partial charge in [-0.05, 0) is 44.5 Å². The van der Waals surface area contributed by atoms with Gasteiger partial charge in [0.2, 0.25) is 0 Å². The average Bonchev–Trinajstić information content (AvgIpc) is 2.28. The Bertz CT molecular complexity index is 424. The van der Waals surface area contributed by atoms with E-state index in [1.807, 2.05) is 35.5 Å². The molecule has 1 aliphatic rings.